The minimum absolute atomic E-state index is 0.178. The maximum Gasteiger partial charge on any atom is 0.220 e. The number of aliphatic hydroxyl groups is 5. The lowest BCUT2D eigenvalue weighted by molar-refractivity contribution is -0.302. The van der Waals surface area contributed by atoms with Gasteiger partial charge in [0, 0.05) is 6.42 Å². The van der Waals surface area contributed by atoms with Crippen LogP contribution in [0, 0.1) is 0 Å². The molecule has 1 aliphatic rings. The van der Waals surface area contributed by atoms with Crippen molar-refractivity contribution in [1.82, 2.24) is 5.32 Å². The molecule has 0 bridgehead atoms. The lowest BCUT2D eigenvalue weighted by Gasteiger charge is -2.40. The number of aliphatic hydroxyl groups excluding tert-OH is 5. The SMILES string of the molecule is CCCCCCC/C=C\C/C=C\CCCCCCCCCCCCCCCCCCCCCCCCCCCCCC(=O)NC(COC1OC(CO)C(O)C(O)C1O)C(O)/C=C/CC/C=C/CCCCCCCCCCCCCCCCCCCCCC. The first-order valence-corrected chi connectivity index (χ1v) is 38.9. The van der Waals surface area contributed by atoms with Crippen molar-refractivity contribution in [3.8, 4) is 0 Å². The Morgan fingerprint density at radius 1 is 0.386 bits per heavy atom. The summed E-state index contributed by atoms with van der Waals surface area (Å²) in [5, 5.41) is 54.8. The zero-order valence-electron chi connectivity index (χ0n) is 58.3. The third-order valence-electron chi connectivity index (χ3n) is 18.6. The zero-order valence-corrected chi connectivity index (χ0v) is 58.3. The van der Waals surface area contributed by atoms with Crippen LogP contribution < -0.4 is 5.32 Å². The standard InChI is InChI=1S/C79H149NO8/c1-3-5-7-9-11-13-15-17-19-21-23-25-27-29-31-32-33-34-35-36-37-38-39-40-41-42-43-45-47-49-51-53-55-57-59-61-63-65-67-69-75(83)80-72(71-87-79-78(86)77(85)76(84)74(70-81)88-79)73(82)68-66-64-62-60-58-56-54-52-50-48-46-44-30-28-26-24-22-20-18-16-14-12-10-8-6-4-2/h15,17,21,23,58,60,66,68,72-74,76-79,81-82,84-86H,3-14,16,18-20,22,24-57,59,61-65,67,69-71H2,1-2H3,(H,80,83)/b17-15-,23-21-,60-58+,68-66+. The highest BCUT2D eigenvalue weighted by molar-refractivity contribution is 5.76. The van der Waals surface area contributed by atoms with Crippen molar-refractivity contribution in [2.45, 2.75) is 436 Å². The van der Waals surface area contributed by atoms with Gasteiger partial charge >= 0.3 is 0 Å². The second-order valence-corrected chi connectivity index (χ2v) is 27.1. The van der Waals surface area contributed by atoms with E-state index < -0.39 is 49.5 Å². The summed E-state index contributed by atoms with van der Waals surface area (Å²) in [6.07, 6.45) is 86.9. The van der Waals surface area contributed by atoms with Crippen LogP contribution in [-0.4, -0.2) is 87.5 Å². The minimum Gasteiger partial charge on any atom is -0.394 e. The van der Waals surface area contributed by atoms with E-state index in [4.69, 9.17) is 9.47 Å². The van der Waals surface area contributed by atoms with Crippen molar-refractivity contribution in [3.63, 3.8) is 0 Å². The molecular weight excluding hydrogens is 1090 g/mol. The number of amides is 1. The number of unbranched alkanes of at least 4 members (excludes halogenated alkanes) is 53. The monoisotopic (exact) mass is 1240 g/mol. The molecule has 9 nitrogen and oxygen atoms in total. The van der Waals surface area contributed by atoms with Gasteiger partial charge in [-0.2, -0.15) is 0 Å². The first-order valence-electron chi connectivity index (χ1n) is 38.9. The van der Waals surface area contributed by atoms with Gasteiger partial charge in [0.15, 0.2) is 6.29 Å². The van der Waals surface area contributed by atoms with Crippen LogP contribution in [0.2, 0.25) is 0 Å². The molecule has 1 amide bonds. The molecule has 1 saturated heterocycles. The van der Waals surface area contributed by atoms with Gasteiger partial charge in [0.1, 0.15) is 24.4 Å². The number of nitrogens with one attached hydrogen (secondary N) is 1. The second kappa shape index (κ2) is 68.0. The Kier molecular flexibility index (Phi) is 65.1. The van der Waals surface area contributed by atoms with Gasteiger partial charge < -0.3 is 40.3 Å². The van der Waals surface area contributed by atoms with Gasteiger partial charge in [-0.3, -0.25) is 4.79 Å². The number of hydrogen-bond acceptors (Lipinski definition) is 8. The van der Waals surface area contributed by atoms with Gasteiger partial charge in [-0.25, -0.2) is 0 Å². The molecule has 1 rings (SSSR count). The van der Waals surface area contributed by atoms with Crippen LogP contribution >= 0.6 is 0 Å². The third-order valence-corrected chi connectivity index (χ3v) is 18.6. The fourth-order valence-corrected chi connectivity index (χ4v) is 12.6. The molecule has 88 heavy (non-hydrogen) atoms. The van der Waals surface area contributed by atoms with Crippen molar-refractivity contribution in [2.24, 2.45) is 0 Å². The van der Waals surface area contributed by atoms with Crippen LogP contribution in [0.4, 0.5) is 0 Å². The molecule has 1 aliphatic heterocycles. The Hall–Kier alpha value is -1.85. The molecule has 0 aromatic carbocycles. The first-order chi connectivity index (χ1) is 43.3. The van der Waals surface area contributed by atoms with E-state index in [1.807, 2.05) is 6.08 Å². The Balaban J connectivity index is 2.07. The van der Waals surface area contributed by atoms with Gasteiger partial charge in [0.25, 0.3) is 0 Å². The number of carbonyl (C=O) groups excluding carboxylic acids is 1. The first kappa shape index (κ1) is 84.2. The van der Waals surface area contributed by atoms with Crippen molar-refractivity contribution in [1.29, 1.82) is 0 Å². The van der Waals surface area contributed by atoms with Crippen LogP contribution in [0.5, 0.6) is 0 Å². The summed E-state index contributed by atoms with van der Waals surface area (Å²) in [5.74, 6) is -0.178. The zero-order chi connectivity index (χ0) is 63.5. The van der Waals surface area contributed by atoms with Gasteiger partial charge in [0.2, 0.25) is 5.91 Å². The fraction of sp³-hybridized carbons (Fsp3) is 0.886. The number of hydrogen-bond donors (Lipinski definition) is 6. The molecule has 0 aromatic rings. The van der Waals surface area contributed by atoms with E-state index in [0.717, 1.165) is 44.9 Å². The largest absolute Gasteiger partial charge is 0.394 e. The van der Waals surface area contributed by atoms with Crippen molar-refractivity contribution in [3.05, 3.63) is 48.6 Å². The minimum atomic E-state index is -1.57. The number of ether oxygens (including phenoxy) is 2. The van der Waals surface area contributed by atoms with Crippen LogP contribution in [0.1, 0.15) is 393 Å². The topological polar surface area (TPSA) is 149 Å². The Bertz CT molecular complexity index is 1530. The van der Waals surface area contributed by atoms with Gasteiger partial charge in [0.05, 0.1) is 25.4 Å². The summed E-state index contributed by atoms with van der Waals surface area (Å²) in [5.41, 5.74) is 0. The Morgan fingerprint density at radius 3 is 1.02 bits per heavy atom. The van der Waals surface area contributed by atoms with E-state index in [-0.39, 0.29) is 12.5 Å². The van der Waals surface area contributed by atoms with Crippen LogP contribution in [0.15, 0.2) is 48.6 Å². The summed E-state index contributed by atoms with van der Waals surface area (Å²) < 4.78 is 11.3. The summed E-state index contributed by atoms with van der Waals surface area (Å²) in [6, 6.07) is -0.822. The summed E-state index contributed by atoms with van der Waals surface area (Å²) >= 11 is 0. The highest BCUT2D eigenvalue weighted by Gasteiger charge is 2.44. The van der Waals surface area contributed by atoms with Crippen LogP contribution in [0.25, 0.3) is 0 Å². The molecule has 7 atom stereocenters. The van der Waals surface area contributed by atoms with Crippen LogP contribution in [0.3, 0.4) is 0 Å². The Morgan fingerprint density at radius 2 is 0.682 bits per heavy atom. The molecular formula is C79H149NO8. The number of carbonyl (C=O) groups is 1. The van der Waals surface area contributed by atoms with Gasteiger partial charge in [-0.05, 0) is 64.2 Å². The molecule has 7 unspecified atom stereocenters. The van der Waals surface area contributed by atoms with E-state index in [0.29, 0.717) is 6.42 Å². The molecule has 518 valence electrons. The maximum absolute atomic E-state index is 13.2. The summed E-state index contributed by atoms with van der Waals surface area (Å²) in [6.45, 7) is 3.81. The average molecular weight is 1240 g/mol. The molecule has 6 N–H and O–H groups in total. The predicted octanol–water partition coefficient (Wildman–Crippen LogP) is 21.9. The maximum atomic E-state index is 13.2. The molecule has 9 heteroatoms. The number of allylic oxidation sites excluding steroid dienone is 7. The van der Waals surface area contributed by atoms with E-state index in [9.17, 15) is 30.3 Å². The van der Waals surface area contributed by atoms with E-state index in [2.05, 4.69) is 55.6 Å². The predicted molar refractivity (Wildman–Crippen MR) is 378 cm³/mol. The normalized spacial score (nSPS) is 18.1. The third kappa shape index (κ3) is 55.8. The van der Waals surface area contributed by atoms with Gasteiger partial charge in [-0.1, -0.05) is 371 Å². The van der Waals surface area contributed by atoms with E-state index in [1.54, 1.807) is 6.08 Å². The average Bonchev–Trinajstić information content (AvgIpc) is 3.65. The molecule has 1 fully saturated rings. The van der Waals surface area contributed by atoms with Crippen molar-refractivity contribution < 1.29 is 39.8 Å². The summed E-state index contributed by atoms with van der Waals surface area (Å²) in [7, 11) is 0. The molecule has 0 aliphatic carbocycles. The fourth-order valence-electron chi connectivity index (χ4n) is 12.6. The highest BCUT2D eigenvalue weighted by Crippen LogP contribution is 2.24. The molecule has 0 aromatic heterocycles. The van der Waals surface area contributed by atoms with Crippen molar-refractivity contribution >= 4 is 5.91 Å². The van der Waals surface area contributed by atoms with Crippen LogP contribution in [-0.2, 0) is 14.3 Å². The van der Waals surface area contributed by atoms with Crippen molar-refractivity contribution in [2.75, 3.05) is 13.2 Å². The lowest BCUT2D eigenvalue weighted by Crippen LogP contribution is -2.60. The Labute approximate surface area is 545 Å². The molecule has 0 saturated carbocycles. The lowest BCUT2D eigenvalue weighted by atomic mass is 9.99. The highest BCUT2D eigenvalue weighted by atomic mass is 16.7. The quantitative estimate of drug-likeness (QED) is 0.0261. The molecule has 1 heterocycles. The summed E-state index contributed by atoms with van der Waals surface area (Å²) in [4.78, 5) is 13.2. The number of rotatable bonds is 69. The van der Waals surface area contributed by atoms with E-state index in [1.165, 1.54) is 327 Å². The van der Waals surface area contributed by atoms with E-state index >= 15 is 0 Å². The van der Waals surface area contributed by atoms with Gasteiger partial charge in [-0.15, -0.1) is 0 Å². The second-order valence-electron chi connectivity index (χ2n) is 27.1. The molecule has 0 spiro atoms. The molecule has 0 radical (unpaired) electrons. The smallest absolute Gasteiger partial charge is 0.220 e.